The SMILES string of the molecule is CCCN1C(=S)N[C@@H](c2ccccn2)[C@@H]1c1cc(C)n(-c2cccc(C)c2C)c1C. The largest absolute Gasteiger partial charge is 0.352 e. The molecular formula is C25H30N4S. The van der Waals surface area contributed by atoms with Gasteiger partial charge >= 0.3 is 0 Å². The average Bonchev–Trinajstić information content (AvgIpc) is 3.21. The molecule has 30 heavy (non-hydrogen) atoms. The van der Waals surface area contributed by atoms with Gasteiger partial charge in [0.2, 0.25) is 0 Å². The van der Waals surface area contributed by atoms with Crippen LogP contribution in [0.25, 0.3) is 5.69 Å². The molecule has 1 saturated heterocycles. The van der Waals surface area contributed by atoms with E-state index in [4.69, 9.17) is 12.2 Å². The predicted molar refractivity (Wildman–Crippen MR) is 127 cm³/mol. The lowest BCUT2D eigenvalue weighted by atomic mass is 9.96. The summed E-state index contributed by atoms with van der Waals surface area (Å²) in [6.45, 7) is 11.9. The Hall–Kier alpha value is -2.66. The van der Waals surface area contributed by atoms with E-state index in [1.54, 1.807) is 0 Å². The first-order valence-corrected chi connectivity index (χ1v) is 11.1. The number of aryl methyl sites for hydroxylation is 2. The van der Waals surface area contributed by atoms with Crippen molar-refractivity contribution >= 4 is 17.3 Å². The van der Waals surface area contributed by atoms with Crippen molar-refractivity contribution in [3.63, 3.8) is 0 Å². The van der Waals surface area contributed by atoms with Crippen LogP contribution >= 0.6 is 12.2 Å². The lowest BCUT2D eigenvalue weighted by molar-refractivity contribution is 0.316. The number of nitrogens with one attached hydrogen (secondary N) is 1. The zero-order chi connectivity index (χ0) is 21.4. The first-order chi connectivity index (χ1) is 14.4. The summed E-state index contributed by atoms with van der Waals surface area (Å²) in [6, 6.07) is 15.1. The third kappa shape index (κ3) is 3.41. The molecule has 1 aliphatic heterocycles. The van der Waals surface area contributed by atoms with Crippen LogP contribution in [0.4, 0.5) is 0 Å². The zero-order valence-corrected chi connectivity index (χ0v) is 19.3. The van der Waals surface area contributed by atoms with Crippen LogP contribution in [0, 0.1) is 27.7 Å². The van der Waals surface area contributed by atoms with Crippen molar-refractivity contribution in [2.45, 2.75) is 53.1 Å². The highest BCUT2D eigenvalue weighted by atomic mass is 32.1. The summed E-state index contributed by atoms with van der Waals surface area (Å²) in [4.78, 5) is 6.99. The van der Waals surface area contributed by atoms with E-state index in [1.807, 2.05) is 18.3 Å². The first-order valence-electron chi connectivity index (χ1n) is 10.7. The standard InChI is InChI=1S/C25H30N4S/c1-6-14-28-24(23(27-25(28)30)21-11-7-8-13-26-21)20-15-17(3)29(19(20)5)22-12-9-10-16(2)18(22)4/h7-13,15,23-24H,6,14H2,1-5H3,(H,27,30)/t23-,24-/m0/s1. The lowest BCUT2D eigenvalue weighted by Gasteiger charge is -2.28. The predicted octanol–water partition coefficient (Wildman–Crippen LogP) is 5.49. The van der Waals surface area contributed by atoms with Crippen molar-refractivity contribution in [3.8, 4) is 5.69 Å². The Bertz CT molecular complexity index is 1070. The molecule has 0 amide bonds. The normalized spacial score (nSPS) is 18.7. The van der Waals surface area contributed by atoms with E-state index >= 15 is 0 Å². The Labute approximate surface area is 184 Å². The van der Waals surface area contributed by atoms with Gasteiger partial charge in [-0.3, -0.25) is 4.98 Å². The maximum Gasteiger partial charge on any atom is 0.170 e. The summed E-state index contributed by atoms with van der Waals surface area (Å²) in [5.41, 5.74) is 8.72. The fourth-order valence-electron chi connectivity index (χ4n) is 4.66. The molecule has 0 radical (unpaired) electrons. The quantitative estimate of drug-likeness (QED) is 0.556. The highest BCUT2D eigenvalue weighted by Gasteiger charge is 2.41. The van der Waals surface area contributed by atoms with Crippen LogP contribution in [-0.2, 0) is 0 Å². The van der Waals surface area contributed by atoms with Gasteiger partial charge in [-0.25, -0.2) is 0 Å². The number of nitrogens with zero attached hydrogens (tertiary/aromatic N) is 3. The monoisotopic (exact) mass is 418 g/mol. The molecule has 5 heteroatoms. The maximum atomic E-state index is 5.75. The Morgan fingerprint density at radius 1 is 1.07 bits per heavy atom. The Morgan fingerprint density at radius 2 is 1.87 bits per heavy atom. The molecule has 1 fully saturated rings. The number of pyridine rings is 1. The summed E-state index contributed by atoms with van der Waals surface area (Å²) < 4.78 is 2.39. The Kier molecular flexibility index (Phi) is 5.65. The molecule has 1 aliphatic rings. The van der Waals surface area contributed by atoms with E-state index in [0.717, 1.165) is 23.8 Å². The maximum absolute atomic E-state index is 5.75. The number of hydrogen-bond acceptors (Lipinski definition) is 2. The van der Waals surface area contributed by atoms with Gasteiger partial charge < -0.3 is 14.8 Å². The molecule has 2 aromatic heterocycles. The number of thiocarbonyl (C=S) groups is 1. The second-order valence-corrected chi connectivity index (χ2v) is 8.59. The van der Waals surface area contributed by atoms with Crippen molar-refractivity contribution < 1.29 is 0 Å². The highest BCUT2D eigenvalue weighted by molar-refractivity contribution is 7.80. The van der Waals surface area contributed by atoms with Gasteiger partial charge in [0.05, 0.1) is 17.8 Å². The van der Waals surface area contributed by atoms with Crippen molar-refractivity contribution in [1.29, 1.82) is 0 Å². The van der Waals surface area contributed by atoms with Gasteiger partial charge in [-0.15, -0.1) is 0 Å². The minimum atomic E-state index is 0.0396. The van der Waals surface area contributed by atoms with E-state index in [1.165, 1.54) is 33.8 Å². The molecule has 1 N–H and O–H groups in total. The van der Waals surface area contributed by atoms with Gasteiger partial charge in [0, 0.05) is 29.8 Å². The number of benzene rings is 1. The molecule has 0 aliphatic carbocycles. The van der Waals surface area contributed by atoms with E-state index in [-0.39, 0.29) is 12.1 Å². The van der Waals surface area contributed by atoms with Crippen molar-refractivity contribution in [2.75, 3.05) is 6.54 Å². The average molecular weight is 419 g/mol. The Morgan fingerprint density at radius 3 is 2.57 bits per heavy atom. The van der Waals surface area contributed by atoms with E-state index < -0.39 is 0 Å². The molecule has 3 aromatic rings. The van der Waals surface area contributed by atoms with Gasteiger partial charge in [0.1, 0.15) is 0 Å². The fraction of sp³-hybridized carbons (Fsp3) is 0.360. The fourth-order valence-corrected chi connectivity index (χ4v) is 4.99. The highest BCUT2D eigenvalue weighted by Crippen LogP contribution is 2.41. The van der Waals surface area contributed by atoms with Gasteiger partial charge in [-0.2, -0.15) is 0 Å². The third-order valence-corrected chi connectivity index (χ3v) is 6.62. The summed E-state index contributed by atoms with van der Waals surface area (Å²) in [6.07, 6.45) is 2.90. The van der Waals surface area contributed by atoms with Crippen LogP contribution in [0.2, 0.25) is 0 Å². The summed E-state index contributed by atoms with van der Waals surface area (Å²) >= 11 is 5.75. The van der Waals surface area contributed by atoms with Crippen LogP contribution in [-0.4, -0.2) is 26.1 Å². The van der Waals surface area contributed by atoms with Crippen molar-refractivity contribution in [1.82, 2.24) is 19.8 Å². The van der Waals surface area contributed by atoms with Crippen LogP contribution in [0.3, 0.4) is 0 Å². The van der Waals surface area contributed by atoms with Gasteiger partial charge in [-0.1, -0.05) is 25.1 Å². The molecule has 0 saturated carbocycles. The minimum absolute atomic E-state index is 0.0396. The summed E-state index contributed by atoms with van der Waals surface area (Å²) in [5, 5.41) is 4.37. The topological polar surface area (TPSA) is 33.1 Å². The van der Waals surface area contributed by atoms with Crippen LogP contribution in [0.15, 0.2) is 48.7 Å². The number of hydrogen-bond donors (Lipinski definition) is 1. The minimum Gasteiger partial charge on any atom is -0.352 e. The van der Waals surface area contributed by atoms with Gasteiger partial charge in [-0.05, 0) is 87.3 Å². The summed E-state index contributed by atoms with van der Waals surface area (Å²) in [7, 11) is 0. The molecule has 4 nitrogen and oxygen atoms in total. The summed E-state index contributed by atoms with van der Waals surface area (Å²) in [5.74, 6) is 0. The molecule has 4 rings (SSSR count). The molecule has 3 heterocycles. The molecular weight excluding hydrogens is 388 g/mol. The van der Waals surface area contributed by atoms with Crippen LogP contribution < -0.4 is 5.32 Å². The van der Waals surface area contributed by atoms with Crippen molar-refractivity contribution in [3.05, 3.63) is 82.4 Å². The Balaban J connectivity index is 1.86. The first kappa shape index (κ1) is 20.6. The van der Waals surface area contributed by atoms with Gasteiger partial charge in [0.25, 0.3) is 0 Å². The smallest absolute Gasteiger partial charge is 0.170 e. The number of rotatable bonds is 5. The van der Waals surface area contributed by atoms with E-state index in [0.29, 0.717) is 0 Å². The van der Waals surface area contributed by atoms with Gasteiger partial charge in [0.15, 0.2) is 5.11 Å². The lowest BCUT2D eigenvalue weighted by Crippen LogP contribution is -2.30. The zero-order valence-electron chi connectivity index (χ0n) is 18.4. The number of aromatic nitrogens is 2. The van der Waals surface area contributed by atoms with Crippen LogP contribution in [0.1, 0.15) is 59.2 Å². The van der Waals surface area contributed by atoms with E-state index in [2.05, 4.69) is 84.7 Å². The third-order valence-electron chi connectivity index (χ3n) is 6.27. The molecule has 2 atom stereocenters. The second-order valence-electron chi connectivity index (χ2n) is 8.20. The molecule has 0 bridgehead atoms. The van der Waals surface area contributed by atoms with Crippen molar-refractivity contribution in [2.24, 2.45) is 0 Å². The second kappa shape index (κ2) is 8.23. The molecule has 1 aromatic carbocycles. The molecule has 0 spiro atoms. The van der Waals surface area contributed by atoms with Crippen LogP contribution in [0.5, 0.6) is 0 Å². The molecule has 0 unspecified atom stereocenters. The molecule has 156 valence electrons. The van der Waals surface area contributed by atoms with E-state index in [9.17, 15) is 0 Å².